The maximum atomic E-state index is 11.0. The highest BCUT2D eigenvalue weighted by Gasteiger charge is 2.21. The molecule has 0 spiro atoms. The minimum Gasteiger partial charge on any atom is -0.419 e. The predicted molar refractivity (Wildman–Crippen MR) is 73.7 cm³/mol. The summed E-state index contributed by atoms with van der Waals surface area (Å²) < 4.78 is 10.3. The van der Waals surface area contributed by atoms with E-state index < -0.39 is 4.92 Å². The number of nitro benzene ring substituents is 1. The van der Waals surface area contributed by atoms with E-state index in [1.807, 2.05) is 6.07 Å². The zero-order valence-electron chi connectivity index (χ0n) is 11.2. The molecule has 2 rings (SSSR count). The van der Waals surface area contributed by atoms with E-state index in [9.17, 15) is 10.1 Å². The van der Waals surface area contributed by atoms with Gasteiger partial charge in [0.2, 0.25) is 17.5 Å². The molecule has 0 fully saturated rings. The first-order chi connectivity index (χ1) is 10.2. The molecule has 8 heteroatoms. The highest BCUT2D eigenvalue weighted by atomic mass is 16.6. The number of para-hydroxylation sites is 1. The minimum atomic E-state index is -0.524. The van der Waals surface area contributed by atoms with Gasteiger partial charge in [-0.05, 0) is 6.07 Å². The van der Waals surface area contributed by atoms with Gasteiger partial charge in [-0.25, -0.2) is 0 Å². The number of nitriles is 1. The molecular weight excluding hydrogens is 276 g/mol. The van der Waals surface area contributed by atoms with Crippen LogP contribution < -0.4 is 5.32 Å². The molecular formula is C13H12N4O4. The van der Waals surface area contributed by atoms with Gasteiger partial charge >= 0.3 is 0 Å². The van der Waals surface area contributed by atoms with Gasteiger partial charge in [-0.2, -0.15) is 10.2 Å². The molecule has 0 aliphatic carbocycles. The summed E-state index contributed by atoms with van der Waals surface area (Å²) in [4.78, 5) is 14.5. The van der Waals surface area contributed by atoms with Crippen LogP contribution in [-0.4, -0.2) is 30.2 Å². The Labute approximate surface area is 120 Å². The summed E-state index contributed by atoms with van der Waals surface area (Å²) >= 11 is 0. The number of nitro groups is 1. The Bertz CT molecular complexity index is 690. The van der Waals surface area contributed by atoms with E-state index in [2.05, 4.69) is 10.3 Å². The quantitative estimate of drug-likeness (QED) is 0.492. The van der Waals surface area contributed by atoms with Gasteiger partial charge in [-0.1, -0.05) is 12.1 Å². The highest BCUT2D eigenvalue weighted by Crippen LogP contribution is 2.31. The zero-order chi connectivity index (χ0) is 15.2. The maximum Gasteiger partial charge on any atom is 0.282 e. The Balaban J connectivity index is 2.38. The van der Waals surface area contributed by atoms with Crippen molar-refractivity contribution in [2.75, 3.05) is 25.6 Å². The molecule has 21 heavy (non-hydrogen) atoms. The number of hydrogen-bond donors (Lipinski definition) is 1. The summed E-state index contributed by atoms with van der Waals surface area (Å²) in [5, 5.41) is 22.9. The van der Waals surface area contributed by atoms with Crippen molar-refractivity contribution in [3.8, 4) is 17.5 Å². The van der Waals surface area contributed by atoms with Crippen molar-refractivity contribution in [1.29, 1.82) is 5.26 Å². The highest BCUT2D eigenvalue weighted by molar-refractivity contribution is 5.68. The molecule has 8 nitrogen and oxygen atoms in total. The van der Waals surface area contributed by atoms with Crippen LogP contribution in [0.1, 0.15) is 5.69 Å². The second-order valence-electron chi connectivity index (χ2n) is 4.00. The number of ether oxygens (including phenoxy) is 1. The maximum absolute atomic E-state index is 11.0. The minimum absolute atomic E-state index is 0.0266. The van der Waals surface area contributed by atoms with Crippen molar-refractivity contribution in [3.63, 3.8) is 0 Å². The molecule has 1 N–H and O–H groups in total. The fourth-order valence-corrected chi connectivity index (χ4v) is 1.71. The molecule has 0 saturated heterocycles. The first-order valence-corrected chi connectivity index (χ1v) is 6.05. The van der Waals surface area contributed by atoms with Crippen LogP contribution in [0.4, 0.5) is 11.6 Å². The number of oxazole rings is 1. The smallest absolute Gasteiger partial charge is 0.282 e. The van der Waals surface area contributed by atoms with Gasteiger partial charge in [0.15, 0.2) is 0 Å². The second kappa shape index (κ2) is 6.49. The van der Waals surface area contributed by atoms with E-state index in [0.717, 1.165) is 0 Å². The van der Waals surface area contributed by atoms with E-state index in [4.69, 9.17) is 14.4 Å². The van der Waals surface area contributed by atoms with Crippen molar-refractivity contribution in [2.24, 2.45) is 0 Å². The molecule has 0 saturated carbocycles. The summed E-state index contributed by atoms with van der Waals surface area (Å²) in [6.45, 7) is 0.850. The van der Waals surface area contributed by atoms with E-state index in [1.165, 1.54) is 12.1 Å². The van der Waals surface area contributed by atoms with E-state index in [0.29, 0.717) is 13.2 Å². The van der Waals surface area contributed by atoms with Crippen LogP contribution in [0.15, 0.2) is 28.7 Å². The summed E-state index contributed by atoms with van der Waals surface area (Å²) in [6, 6.07) is 7.94. The molecule has 1 heterocycles. The van der Waals surface area contributed by atoms with Gasteiger partial charge in [0.05, 0.1) is 11.5 Å². The number of anilines is 1. The topological polar surface area (TPSA) is 114 Å². The molecule has 0 bridgehead atoms. The summed E-state index contributed by atoms with van der Waals surface area (Å²) in [5.74, 6) is 0.196. The molecule has 1 aromatic carbocycles. The molecule has 0 radical (unpaired) electrons. The number of benzene rings is 1. The third-order valence-electron chi connectivity index (χ3n) is 2.66. The monoisotopic (exact) mass is 288 g/mol. The summed E-state index contributed by atoms with van der Waals surface area (Å²) in [5.41, 5.74) is 0.129. The largest absolute Gasteiger partial charge is 0.419 e. The van der Waals surface area contributed by atoms with Crippen LogP contribution in [0.5, 0.6) is 0 Å². The van der Waals surface area contributed by atoms with Crippen molar-refractivity contribution in [2.45, 2.75) is 0 Å². The van der Waals surface area contributed by atoms with Gasteiger partial charge in [-0.15, -0.1) is 0 Å². The Morgan fingerprint density at radius 3 is 2.95 bits per heavy atom. The van der Waals surface area contributed by atoms with Crippen molar-refractivity contribution in [3.05, 3.63) is 40.1 Å². The standard InChI is InChI=1S/C13H12N4O4/c1-20-7-6-15-13-10(8-14)16-12(21-13)9-4-2-3-5-11(9)17(18)19/h2-5,15H,6-7H2,1H3. The molecule has 0 unspecified atom stereocenters. The Kier molecular flexibility index (Phi) is 4.48. The summed E-state index contributed by atoms with van der Waals surface area (Å²) in [6.07, 6.45) is 0. The lowest BCUT2D eigenvalue weighted by Crippen LogP contribution is -2.07. The number of nitrogens with one attached hydrogen (secondary N) is 1. The molecule has 2 aromatic rings. The lowest BCUT2D eigenvalue weighted by Gasteiger charge is -2.01. The Morgan fingerprint density at radius 2 is 2.29 bits per heavy atom. The number of aromatic nitrogens is 1. The average molecular weight is 288 g/mol. The van der Waals surface area contributed by atoms with Crippen LogP contribution in [0, 0.1) is 21.4 Å². The van der Waals surface area contributed by atoms with Crippen LogP contribution in [0.25, 0.3) is 11.5 Å². The fourth-order valence-electron chi connectivity index (χ4n) is 1.71. The normalized spacial score (nSPS) is 10.1. The van der Waals surface area contributed by atoms with E-state index in [-0.39, 0.29) is 28.7 Å². The van der Waals surface area contributed by atoms with Crippen LogP contribution >= 0.6 is 0 Å². The Hall–Kier alpha value is -2.92. The SMILES string of the molecule is COCCNc1oc(-c2ccccc2[N+](=O)[O-])nc1C#N. The third-order valence-corrected chi connectivity index (χ3v) is 2.66. The first kappa shape index (κ1) is 14.5. The molecule has 0 aliphatic heterocycles. The number of hydrogen-bond acceptors (Lipinski definition) is 7. The lowest BCUT2D eigenvalue weighted by atomic mass is 10.2. The number of methoxy groups -OCH3 is 1. The van der Waals surface area contributed by atoms with Crippen LogP contribution in [0.2, 0.25) is 0 Å². The van der Waals surface area contributed by atoms with Crippen molar-refractivity contribution in [1.82, 2.24) is 4.98 Å². The van der Waals surface area contributed by atoms with E-state index in [1.54, 1.807) is 19.2 Å². The predicted octanol–water partition coefficient (Wildman–Crippen LogP) is 2.18. The third kappa shape index (κ3) is 3.16. The lowest BCUT2D eigenvalue weighted by molar-refractivity contribution is -0.384. The average Bonchev–Trinajstić information content (AvgIpc) is 2.90. The van der Waals surface area contributed by atoms with Crippen molar-refractivity contribution >= 4 is 11.6 Å². The number of rotatable bonds is 6. The van der Waals surface area contributed by atoms with Gasteiger partial charge in [0.25, 0.3) is 5.69 Å². The van der Waals surface area contributed by atoms with Gasteiger partial charge in [0.1, 0.15) is 11.6 Å². The Morgan fingerprint density at radius 1 is 1.52 bits per heavy atom. The summed E-state index contributed by atoms with van der Waals surface area (Å²) in [7, 11) is 1.55. The molecule has 0 aliphatic rings. The molecule has 0 amide bonds. The van der Waals surface area contributed by atoms with Crippen molar-refractivity contribution < 1.29 is 14.1 Å². The molecule has 108 valence electrons. The van der Waals surface area contributed by atoms with E-state index >= 15 is 0 Å². The number of nitrogens with zero attached hydrogens (tertiary/aromatic N) is 3. The van der Waals surface area contributed by atoms with Crippen LogP contribution in [-0.2, 0) is 4.74 Å². The molecule has 0 atom stereocenters. The fraction of sp³-hybridized carbons (Fsp3) is 0.231. The molecule has 1 aromatic heterocycles. The zero-order valence-corrected chi connectivity index (χ0v) is 11.2. The van der Waals surface area contributed by atoms with Gasteiger partial charge < -0.3 is 14.5 Å². The van der Waals surface area contributed by atoms with Gasteiger partial charge in [-0.3, -0.25) is 10.1 Å². The second-order valence-corrected chi connectivity index (χ2v) is 4.00. The van der Waals surface area contributed by atoms with Gasteiger partial charge in [0, 0.05) is 19.7 Å². The van der Waals surface area contributed by atoms with Crippen LogP contribution in [0.3, 0.4) is 0 Å². The first-order valence-electron chi connectivity index (χ1n) is 6.05.